The molecule has 0 aliphatic rings. The van der Waals surface area contributed by atoms with Crippen molar-refractivity contribution >= 4 is 25.9 Å². The Morgan fingerprint density at radius 1 is 1.43 bits per heavy atom. The average molecular weight is 230 g/mol. The van der Waals surface area contributed by atoms with E-state index in [1.165, 1.54) is 6.20 Å². The summed E-state index contributed by atoms with van der Waals surface area (Å²) in [4.78, 5) is 15.3. The lowest BCUT2D eigenvalue weighted by molar-refractivity contribution is 0.0724. The van der Waals surface area contributed by atoms with E-state index in [1.807, 2.05) is 19.6 Å². The lowest BCUT2D eigenvalue weighted by Gasteiger charge is -2.16. The fraction of sp³-hybridized carbons (Fsp3) is 0.333. The first kappa shape index (κ1) is 11.2. The van der Waals surface area contributed by atoms with Crippen LogP contribution < -0.4 is 0 Å². The van der Waals surface area contributed by atoms with Crippen LogP contribution in [0, 0.1) is 0 Å². The maximum atomic E-state index is 11.5. The normalized spacial score (nSPS) is 11.1. The Balaban J connectivity index is 2.76. The van der Waals surface area contributed by atoms with Crippen LogP contribution in [0.1, 0.15) is 10.4 Å². The zero-order chi connectivity index (χ0) is 10.8. The molecule has 0 amide bonds. The Morgan fingerprint density at radius 3 is 2.50 bits per heavy atom. The maximum absolute atomic E-state index is 11.5. The summed E-state index contributed by atoms with van der Waals surface area (Å²) in [7, 11) is -1.83. The molecular formula is C9H12ClNO2Si. The minimum Gasteiger partial charge on any atom is -0.516 e. The van der Waals surface area contributed by atoms with E-state index in [0.717, 1.165) is 0 Å². The van der Waals surface area contributed by atoms with Crippen molar-refractivity contribution in [2.75, 3.05) is 0 Å². The Kier molecular flexibility index (Phi) is 3.28. The van der Waals surface area contributed by atoms with Crippen molar-refractivity contribution in [3.05, 3.63) is 29.0 Å². The largest absolute Gasteiger partial charge is 0.516 e. The number of hydrogen-bond acceptors (Lipinski definition) is 3. The number of aromatic nitrogens is 1. The minimum atomic E-state index is -1.83. The molecule has 1 rings (SSSR count). The predicted molar refractivity (Wildman–Crippen MR) is 58.0 cm³/mol. The van der Waals surface area contributed by atoms with Crippen LogP contribution in [0.15, 0.2) is 18.3 Å². The number of pyridine rings is 1. The Labute approximate surface area is 89.2 Å². The van der Waals surface area contributed by atoms with Gasteiger partial charge in [-0.3, -0.25) is 0 Å². The van der Waals surface area contributed by atoms with Gasteiger partial charge in [0.25, 0.3) is 0 Å². The molecule has 0 aliphatic heterocycles. The van der Waals surface area contributed by atoms with E-state index in [4.69, 9.17) is 16.0 Å². The van der Waals surface area contributed by atoms with Crippen LogP contribution in [0.5, 0.6) is 0 Å². The quantitative estimate of drug-likeness (QED) is 0.578. The molecular weight excluding hydrogens is 218 g/mol. The molecule has 0 aliphatic carbocycles. The van der Waals surface area contributed by atoms with Gasteiger partial charge in [0.15, 0.2) is 0 Å². The van der Waals surface area contributed by atoms with E-state index >= 15 is 0 Å². The SMILES string of the molecule is C[Si](C)(C)OC(=O)c1ccc(Cl)nc1. The van der Waals surface area contributed by atoms with Crippen molar-refractivity contribution in [1.82, 2.24) is 4.98 Å². The molecule has 3 nitrogen and oxygen atoms in total. The molecule has 1 aromatic rings. The van der Waals surface area contributed by atoms with Gasteiger partial charge in [0.2, 0.25) is 8.32 Å². The van der Waals surface area contributed by atoms with Gasteiger partial charge in [0, 0.05) is 6.20 Å². The van der Waals surface area contributed by atoms with Gasteiger partial charge in [0.1, 0.15) is 5.15 Å². The van der Waals surface area contributed by atoms with Crippen LogP contribution in [-0.4, -0.2) is 19.3 Å². The van der Waals surface area contributed by atoms with Gasteiger partial charge in [-0.2, -0.15) is 0 Å². The standard InChI is InChI=1S/C9H12ClNO2Si/c1-14(2,3)13-9(12)7-4-5-8(10)11-6-7/h4-6H,1-3H3. The van der Waals surface area contributed by atoms with Crippen molar-refractivity contribution in [2.45, 2.75) is 19.6 Å². The van der Waals surface area contributed by atoms with Crippen molar-refractivity contribution in [1.29, 1.82) is 0 Å². The molecule has 1 heterocycles. The number of hydrogen-bond donors (Lipinski definition) is 0. The minimum absolute atomic E-state index is 0.326. The van der Waals surface area contributed by atoms with Crippen LogP contribution in [-0.2, 0) is 4.43 Å². The predicted octanol–water partition coefficient (Wildman–Crippen LogP) is 2.73. The van der Waals surface area contributed by atoms with Gasteiger partial charge in [0.05, 0.1) is 5.56 Å². The highest BCUT2D eigenvalue weighted by Crippen LogP contribution is 2.10. The second-order valence-electron chi connectivity index (χ2n) is 3.87. The summed E-state index contributed by atoms with van der Waals surface area (Å²) in [5, 5.41) is 0.370. The molecule has 0 saturated carbocycles. The summed E-state index contributed by atoms with van der Waals surface area (Å²) in [6.45, 7) is 5.86. The van der Waals surface area contributed by atoms with Crippen LogP contribution in [0.25, 0.3) is 0 Å². The second-order valence-corrected chi connectivity index (χ2v) is 8.69. The molecule has 0 radical (unpaired) electrons. The second kappa shape index (κ2) is 4.10. The van der Waals surface area contributed by atoms with E-state index in [9.17, 15) is 4.79 Å². The Morgan fingerprint density at radius 2 is 2.07 bits per heavy atom. The van der Waals surface area contributed by atoms with Gasteiger partial charge in [-0.25, -0.2) is 9.78 Å². The van der Waals surface area contributed by atoms with Crippen molar-refractivity contribution in [3.8, 4) is 0 Å². The third-order valence-electron chi connectivity index (χ3n) is 1.36. The fourth-order valence-corrected chi connectivity index (χ4v) is 1.62. The molecule has 0 saturated heterocycles. The number of carbonyl (C=O) groups is 1. The van der Waals surface area contributed by atoms with E-state index in [-0.39, 0.29) is 5.97 Å². The fourth-order valence-electron chi connectivity index (χ4n) is 0.834. The monoisotopic (exact) mass is 229 g/mol. The van der Waals surface area contributed by atoms with E-state index in [2.05, 4.69) is 4.98 Å². The summed E-state index contributed by atoms with van der Waals surface area (Å²) in [6, 6.07) is 3.18. The van der Waals surface area contributed by atoms with Crippen LogP contribution >= 0.6 is 11.6 Å². The smallest absolute Gasteiger partial charge is 0.326 e. The highest BCUT2D eigenvalue weighted by molar-refractivity contribution is 6.71. The zero-order valence-electron chi connectivity index (χ0n) is 8.37. The molecule has 5 heteroatoms. The zero-order valence-corrected chi connectivity index (χ0v) is 10.1. The Bertz CT molecular complexity index is 332. The highest BCUT2D eigenvalue weighted by atomic mass is 35.5. The van der Waals surface area contributed by atoms with Crippen LogP contribution in [0.2, 0.25) is 24.8 Å². The number of halogens is 1. The van der Waals surface area contributed by atoms with Crippen molar-refractivity contribution in [3.63, 3.8) is 0 Å². The molecule has 0 N–H and O–H groups in total. The summed E-state index contributed by atoms with van der Waals surface area (Å²) in [5.41, 5.74) is 0.442. The molecule has 0 spiro atoms. The summed E-state index contributed by atoms with van der Waals surface area (Å²) >= 11 is 5.59. The first-order valence-electron chi connectivity index (χ1n) is 4.23. The van der Waals surface area contributed by atoms with Gasteiger partial charge in [-0.15, -0.1) is 0 Å². The van der Waals surface area contributed by atoms with E-state index in [1.54, 1.807) is 12.1 Å². The summed E-state index contributed by atoms with van der Waals surface area (Å²) in [5.74, 6) is -0.326. The third-order valence-corrected chi connectivity index (χ3v) is 2.38. The molecule has 0 bridgehead atoms. The molecule has 0 unspecified atom stereocenters. The average Bonchev–Trinajstić information content (AvgIpc) is 2.02. The molecule has 0 aromatic carbocycles. The molecule has 14 heavy (non-hydrogen) atoms. The molecule has 0 atom stereocenters. The van der Waals surface area contributed by atoms with Crippen molar-refractivity contribution < 1.29 is 9.22 Å². The molecule has 0 fully saturated rings. The van der Waals surface area contributed by atoms with Gasteiger partial charge in [-0.05, 0) is 31.8 Å². The third kappa shape index (κ3) is 3.47. The van der Waals surface area contributed by atoms with Gasteiger partial charge < -0.3 is 4.43 Å². The first-order chi connectivity index (χ1) is 6.38. The lowest BCUT2D eigenvalue weighted by Crippen LogP contribution is -2.29. The first-order valence-corrected chi connectivity index (χ1v) is 8.02. The number of carbonyl (C=O) groups excluding carboxylic acids is 1. The van der Waals surface area contributed by atoms with Gasteiger partial charge >= 0.3 is 5.97 Å². The van der Waals surface area contributed by atoms with Gasteiger partial charge in [-0.1, -0.05) is 11.6 Å². The topological polar surface area (TPSA) is 39.2 Å². The molecule has 1 aromatic heterocycles. The highest BCUT2D eigenvalue weighted by Gasteiger charge is 2.20. The number of rotatable bonds is 2. The lowest BCUT2D eigenvalue weighted by atomic mass is 10.3. The Hall–Kier alpha value is -0.873. The van der Waals surface area contributed by atoms with Crippen LogP contribution in [0.4, 0.5) is 0 Å². The maximum Gasteiger partial charge on any atom is 0.326 e. The summed E-state index contributed by atoms with van der Waals surface area (Å²) < 4.78 is 5.28. The molecule has 76 valence electrons. The number of nitrogens with zero attached hydrogens (tertiary/aromatic N) is 1. The summed E-state index contributed by atoms with van der Waals surface area (Å²) in [6.07, 6.45) is 1.42. The van der Waals surface area contributed by atoms with E-state index < -0.39 is 8.32 Å². The van der Waals surface area contributed by atoms with E-state index in [0.29, 0.717) is 10.7 Å². The van der Waals surface area contributed by atoms with Crippen molar-refractivity contribution in [2.24, 2.45) is 0 Å². The van der Waals surface area contributed by atoms with Crippen LogP contribution in [0.3, 0.4) is 0 Å².